The zero-order valence-corrected chi connectivity index (χ0v) is 11.8. The Bertz CT molecular complexity index is 438. The molecule has 1 aromatic carbocycles. The Morgan fingerprint density at radius 2 is 2.06 bits per heavy atom. The number of hydrogen-bond acceptors (Lipinski definition) is 2. The largest absolute Gasteiger partial charge is 0.465 e. The second-order valence-corrected chi connectivity index (χ2v) is 5.83. The zero-order chi connectivity index (χ0) is 13.9. The first-order valence-electron chi connectivity index (χ1n) is 5.84. The zero-order valence-electron chi connectivity index (χ0n) is 11.1. The van der Waals surface area contributed by atoms with Crippen LogP contribution in [0, 0.1) is 11.2 Å². The number of rotatable bonds is 3. The lowest BCUT2D eigenvalue weighted by molar-refractivity contribution is -0.153. The van der Waals surface area contributed by atoms with Crippen LogP contribution < -0.4 is 0 Å². The predicted molar refractivity (Wildman–Crippen MR) is 70.2 cm³/mol. The van der Waals surface area contributed by atoms with Crippen molar-refractivity contribution in [1.82, 2.24) is 0 Å². The quantitative estimate of drug-likeness (QED) is 0.772. The molecule has 4 heteroatoms. The summed E-state index contributed by atoms with van der Waals surface area (Å²) in [7, 11) is 0. The Balaban J connectivity index is 2.63. The van der Waals surface area contributed by atoms with E-state index in [4.69, 9.17) is 16.3 Å². The third-order valence-corrected chi connectivity index (χ3v) is 2.88. The van der Waals surface area contributed by atoms with Crippen LogP contribution in [0.25, 0.3) is 0 Å². The van der Waals surface area contributed by atoms with Gasteiger partial charge in [0.25, 0.3) is 0 Å². The number of carbonyl (C=O) groups is 1. The molecule has 0 amide bonds. The van der Waals surface area contributed by atoms with Crippen molar-refractivity contribution >= 4 is 17.6 Å². The van der Waals surface area contributed by atoms with Crippen LogP contribution in [0.4, 0.5) is 4.39 Å². The molecule has 1 atom stereocenters. The highest BCUT2D eigenvalue weighted by Gasteiger charge is 2.23. The molecule has 0 bridgehead atoms. The van der Waals surface area contributed by atoms with Crippen molar-refractivity contribution in [2.24, 2.45) is 5.41 Å². The minimum Gasteiger partial charge on any atom is -0.465 e. The summed E-state index contributed by atoms with van der Waals surface area (Å²) in [6.45, 7) is 7.57. The fraction of sp³-hybridized carbons (Fsp3) is 0.500. The average Bonchev–Trinajstić information content (AvgIpc) is 2.27. The van der Waals surface area contributed by atoms with Crippen molar-refractivity contribution in [3.8, 4) is 0 Å². The summed E-state index contributed by atoms with van der Waals surface area (Å²) in [5.74, 6) is -0.712. The van der Waals surface area contributed by atoms with Crippen LogP contribution in [-0.4, -0.2) is 12.6 Å². The minimum atomic E-state index is -0.514. The van der Waals surface area contributed by atoms with Crippen molar-refractivity contribution in [3.63, 3.8) is 0 Å². The second-order valence-electron chi connectivity index (χ2n) is 5.42. The van der Waals surface area contributed by atoms with Gasteiger partial charge in [-0.3, -0.25) is 4.79 Å². The molecule has 2 nitrogen and oxygen atoms in total. The topological polar surface area (TPSA) is 26.3 Å². The van der Waals surface area contributed by atoms with Gasteiger partial charge in [-0.15, -0.1) is 0 Å². The van der Waals surface area contributed by atoms with E-state index in [9.17, 15) is 9.18 Å². The summed E-state index contributed by atoms with van der Waals surface area (Å²) in [5.41, 5.74) is 0.336. The summed E-state index contributed by atoms with van der Waals surface area (Å²) in [4.78, 5) is 11.6. The van der Waals surface area contributed by atoms with Gasteiger partial charge in [0, 0.05) is 5.92 Å². The van der Waals surface area contributed by atoms with Gasteiger partial charge in [-0.05, 0) is 38.5 Å². The Labute approximate surface area is 112 Å². The number of carbonyl (C=O) groups excluding carboxylic acids is 1. The lowest BCUT2D eigenvalue weighted by atomic mass is 9.97. The van der Waals surface area contributed by atoms with Crippen molar-refractivity contribution in [3.05, 3.63) is 34.6 Å². The van der Waals surface area contributed by atoms with Gasteiger partial charge >= 0.3 is 5.97 Å². The molecule has 0 spiro atoms. The van der Waals surface area contributed by atoms with Gasteiger partial charge in [-0.25, -0.2) is 4.39 Å². The predicted octanol–water partition coefficient (Wildman–Crippen LogP) is 4.17. The number of hydrogen-bond donors (Lipinski definition) is 0. The van der Waals surface area contributed by atoms with Crippen LogP contribution in [0.2, 0.25) is 5.02 Å². The summed E-state index contributed by atoms with van der Waals surface area (Å²) < 4.78 is 18.2. The molecular weight excluding hydrogens is 255 g/mol. The third-order valence-electron chi connectivity index (χ3n) is 2.59. The molecular formula is C14H18ClFO2. The first-order valence-corrected chi connectivity index (χ1v) is 6.22. The van der Waals surface area contributed by atoms with Crippen molar-refractivity contribution in [1.29, 1.82) is 0 Å². The highest BCUT2D eigenvalue weighted by molar-refractivity contribution is 6.30. The van der Waals surface area contributed by atoms with E-state index < -0.39 is 11.2 Å². The summed E-state index contributed by atoms with van der Waals surface area (Å²) in [5, 5.41) is 0.0847. The Morgan fingerprint density at radius 1 is 1.44 bits per heavy atom. The average molecular weight is 273 g/mol. The van der Waals surface area contributed by atoms with Crippen molar-refractivity contribution in [2.75, 3.05) is 6.61 Å². The monoisotopic (exact) mass is 272 g/mol. The lowest BCUT2D eigenvalue weighted by Gasteiger charge is -2.19. The van der Waals surface area contributed by atoms with E-state index in [0.29, 0.717) is 0 Å². The van der Waals surface area contributed by atoms with Gasteiger partial charge in [-0.1, -0.05) is 24.6 Å². The molecule has 0 fully saturated rings. The van der Waals surface area contributed by atoms with Gasteiger partial charge in [0.2, 0.25) is 0 Å². The molecule has 0 aliphatic carbocycles. The summed E-state index contributed by atoms with van der Waals surface area (Å²) in [6.07, 6.45) is 0. The van der Waals surface area contributed by atoms with E-state index in [0.717, 1.165) is 5.56 Å². The first kappa shape index (κ1) is 15.0. The van der Waals surface area contributed by atoms with Crippen molar-refractivity contribution < 1.29 is 13.9 Å². The fourth-order valence-corrected chi connectivity index (χ4v) is 1.52. The molecule has 0 saturated heterocycles. The van der Waals surface area contributed by atoms with E-state index >= 15 is 0 Å². The van der Waals surface area contributed by atoms with Crippen LogP contribution in [-0.2, 0) is 9.53 Å². The maximum absolute atomic E-state index is 13.0. The Morgan fingerprint density at radius 3 is 2.56 bits per heavy atom. The van der Waals surface area contributed by atoms with E-state index in [1.165, 1.54) is 6.07 Å². The molecule has 100 valence electrons. The Kier molecular flexibility index (Phi) is 4.74. The molecule has 0 aliphatic heterocycles. The van der Waals surface area contributed by atoms with Crippen LogP contribution in [0.3, 0.4) is 0 Å². The molecule has 0 N–H and O–H groups in total. The molecule has 1 unspecified atom stereocenters. The van der Waals surface area contributed by atoms with E-state index in [1.54, 1.807) is 32.9 Å². The van der Waals surface area contributed by atoms with Gasteiger partial charge in [0.15, 0.2) is 0 Å². The Hall–Kier alpha value is -1.09. The van der Waals surface area contributed by atoms with E-state index in [-0.39, 0.29) is 23.5 Å². The summed E-state index contributed by atoms with van der Waals surface area (Å²) in [6, 6.07) is 4.53. The minimum absolute atomic E-state index is 0.0191. The van der Waals surface area contributed by atoms with Gasteiger partial charge in [0.1, 0.15) is 5.82 Å². The SMILES string of the molecule is CC(COC(=O)C(C)(C)C)c1ccc(F)c(Cl)c1. The van der Waals surface area contributed by atoms with E-state index in [2.05, 4.69) is 0 Å². The van der Waals surface area contributed by atoms with E-state index in [1.807, 2.05) is 6.92 Å². The van der Waals surface area contributed by atoms with Crippen LogP contribution in [0.5, 0.6) is 0 Å². The summed E-state index contributed by atoms with van der Waals surface area (Å²) >= 11 is 5.71. The van der Waals surface area contributed by atoms with Gasteiger partial charge in [-0.2, -0.15) is 0 Å². The van der Waals surface area contributed by atoms with Gasteiger partial charge < -0.3 is 4.74 Å². The highest BCUT2D eigenvalue weighted by atomic mass is 35.5. The molecule has 0 saturated carbocycles. The third kappa shape index (κ3) is 3.98. The molecule has 0 aromatic heterocycles. The number of benzene rings is 1. The first-order chi connectivity index (χ1) is 8.21. The maximum Gasteiger partial charge on any atom is 0.311 e. The molecule has 0 aliphatic rings. The molecule has 0 heterocycles. The number of ether oxygens (including phenoxy) is 1. The van der Waals surface area contributed by atoms with Crippen molar-refractivity contribution in [2.45, 2.75) is 33.6 Å². The fourth-order valence-electron chi connectivity index (χ4n) is 1.33. The van der Waals surface area contributed by atoms with Gasteiger partial charge in [0.05, 0.1) is 17.0 Å². The second kappa shape index (κ2) is 5.70. The molecule has 1 aromatic rings. The molecule has 18 heavy (non-hydrogen) atoms. The van der Waals surface area contributed by atoms with Crippen LogP contribution >= 0.6 is 11.6 Å². The van der Waals surface area contributed by atoms with Crippen LogP contribution in [0.15, 0.2) is 18.2 Å². The molecule has 1 rings (SSSR count). The maximum atomic E-state index is 13.0. The number of halogens is 2. The standard InChI is InChI=1S/C14H18ClFO2/c1-9(8-18-13(17)14(2,3)4)10-5-6-12(16)11(15)7-10/h5-7,9H,8H2,1-4H3. The highest BCUT2D eigenvalue weighted by Crippen LogP contribution is 2.23. The smallest absolute Gasteiger partial charge is 0.311 e. The lowest BCUT2D eigenvalue weighted by Crippen LogP contribution is -2.24. The molecule has 0 radical (unpaired) electrons. The van der Waals surface area contributed by atoms with Crippen LogP contribution in [0.1, 0.15) is 39.2 Å². The normalized spacial score (nSPS) is 13.2. The number of esters is 1.